The van der Waals surface area contributed by atoms with E-state index in [1.54, 1.807) is 0 Å². The van der Waals surface area contributed by atoms with Crippen molar-refractivity contribution in [2.75, 3.05) is 6.61 Å². The third-order valence-corrected chi connectivity index (χ3v) is 14.8. The Balaban J connectivity index is 3.64. The van der Waals surface area contributed by atoms with Crippen LogP contribution in [-0.4, -0.2) is 57.3 Å². The third kappa shape index (κ3) is 51.4. The lowest BCUT2D eigenvalue weighted by molar-refractivity contribution is -0.132. The Morgan fingerprint density at radius 1 is 0.343 bits per heavy atom. The van der Waals surface area contributed by atoms with Gasteiger partial charge in [-0.25, -0.2) is 0 Å². The molecule has 6 nitrogen and oxygen atoms in total. The van der Waals surface area contributed by atoms with Gasteiger partial charge in [-0.05, 0) is 77.0 Å². The van der Waals surface area contributed by atoms with Crippen LogP contribution in [0.15, 0.2) is 36.5 Å². The van der Waals surface area contributed by atoms with Crippen LogP contribution in [0.25, 0.3) is 0 Å². The molecule has 4 atom stereocenters. The maximum Gasteiger partial charge on any atom is 0.249 e. The highest BCUT2D eigenvalue weighted by Crippen LogP contribution is 2.18. The van der Waals surface area contributed by atoms with Crippen LogP contribution in [0.4, 0.5) is 0 Å². The minimum absolute atomic E-state index is 0.359. The molecule has 414 valence electrons. The van der Waals surface area contributed by atoms with Gasteiger partial charge in [0.15, 0.2) is 0 Å². The SMILES string of the molecule is CCCCCCCCCCCCCC/C=C\CCCCCCCCCCCCC(O)C(=O)NC(CO)C(O)C(O)CCC/C=C/CC/C=C/CCCCCCCCCCCCCCCCCCCCC. The number of hydrogen-bond acceptors (Lipinski definition) is 5. The molecule has 0 bridgehead atoms. The molecule has 0 aromatic carbocycles. The maximum atomic E-state index is 12.6. The van der Waals surface area contributed by atoms with E-state index in [1.807, 2.05) is 0 Å². The molecule has 6 heteroatoms. The van der Waals surface area contributed by atoms with E-state index < -0.39 is 36.9 Å². The Bertz CT molecular complexity index is 1110. The van der Waals surface area contributed by atoms with Crippen LogP contribution in [0.1, 0.15) is 335 Å². The van der Waals surface area contributed by atoms with E-state index in [1.165, 1.54) is 263 Å². The third-order valence-electron chi connectivity index (χ3n) is 14.8. The molecule has 0 aromatic rings. The first-order chi connectivity index (χ1) is 34.5. The molecule has 0 aromatic heterocycles. The average molecular weight is 987 g/mol. The second kappa shape index (κ2) is 58.4. The molecular weight excluding hydrogens is 863 g/mol. The van der Waals surface area contributed by atoms with E-state index >= 15 is 0 Å². The molecule has 70 heavy (non-hydrogen) atoms. The highest BCUT2D eigenvalue weighted by atomic mass is 16.3. The summed E-state index contributed by atoms with van der Waals surface area (Å²) in [5.41, 5.74) is 0. The molecule has 0 radical (unpaired) electrons. The van der Waals surface area contributed by atoms with E-state index in [2.05, 4.69) is 55.6 Å². The molecule has 0 aliphatic heterocycles. The Morgan fingerprint density at radius 3 is 0.900 bits per heavy atom. The first kappa shape index (κ1) is 68.5. The number of nitrogens with one attached hydrogen (secondary N) is 1. The number of hydrogen-bond donors (Lipinski definition) is 5. The second-order valence-electron chi connectivity index (χ2n) is 21.7. The number of carbonyl (C=O) groups excluding carboxylic acids is 1. The average Bonchev–Trinajstić information content (AvgIpc) is 3.36. The largest absolute Gasteiger partial charge is 0.394 e. The van der Waals surface area contributed by atoms with Gasteiger partial charge < -0.3 is 25.7 Å². The molecule has 1 amide bonds. The van der Waals surface area contributed by atoms with Crippen LogP contribution in [0.2, 0.25) is 0 Å². The van der Waals surface area contributed by atoms with Crippen molar-refractivity contribution in [2.24, 2.45) is 0 Å². The number of aliphatic hydroxyl groups is 4. The van der Waals surface area contributed by atoms with E-state index in [-0.39, 0.29) is 0 Å². The monoisotopic (exact) mass is 986 g/mol. The highest BCUT2D eigenvalue weighted by Gasteiger charge is 2.28. The highest BCUT2D eigenvalue weighted by molar-refractivity contribution is 5.80. The van der Waals surface area contributed by atoms with Crippen molar-refractivity contribution in [3.63, 3.8) is 0 Å². The summed E-state index contributed by atoms with van der Waals surface area (Å²) in [5.74, 6) is -0.595. The van der Waals surface area contributed by atoms with Gasteiger partial charge in [0.1, 0.15) is 12.2 Å². The smallest absolute Gasteiger partial charge is 0.249 e. The second-order valence-corrected chi connectivity index (χ2v) is 21.7. The van der Waals surface area contributed by atoms with E-state index in [0.717, 1.165) is 38.5 Å². The summed E-state index contributed by atoms with van der Waals surface area (Å²) in [4.78, 5) is 12.6. The number of amides is 1. The van der Waals surface area contributed by atoms with Gasteiger partial charge in [-0.3, -0.25) is 4.79 Å². The number of carbonyl (C=O) groups is 1. The first-order valence-corrected chi connectivity index (χ1v) is 31.4. The van der Waals surface area contributed by atoms with Crippen molar-refractivity contribution in [2.45, 2.75) is 359 Å². The van der Waals surface area contributed by atoms with Gasteiger partial charge in [0.2, 0.25) is 5.91 Å². The zero-order valence-electron chi connectivity index (χ0n) is 47.0. The van der Waals surface area contributed by atoms with Gasteiger partial charge in [-0.15, -0.1) is 0 Å². The van der Waals surface area contributed by atoms with Gasteiger partial charge in [-0.2, -0.15) is 0 Å². The zero-order valence-corrected chi connectivity index (χ0v) is 47.0. The maximum absolute atomic E-state index is 12.6. The van der Waals surface area contributed by atoms with Gasteiger partial charge in [0, 0.05) is 0 Å². The van der Waals surface area contributed by atoms with Crippen LogP contribution in [0.5, 0.6) is 0 Å². The topological polar surface area (TPSA) is 110 Å². The predicted molar refractivity (Wildman–Crippen MR) is 307 cm³/mol. The molecule has 0 saturated heterocycles. The molecule has 0 saturated carbocycles. The molecule has 5 N–H and O–H groups in total. The van der Waals surface area contributed by atoms with Crippen molar-refractivity contribution in [1.82, 2.24) is 5.32 Å². The summed E-state index contributed by atoms with van der Waals surface area (Å²) in [6.45, 7) is 4.08. The molecule has 0 fully saturated rings. The summed E-state index contributed by atoms with van der Waals surface area (Å²) in [5, 5.41) is 44.1. The molecule has 0 spiro atoms. The number of unbranched alkanes of at least 4 members (excludes halogenated alkanes) is 43. The predicted octanol–water partition coefficient (Wildman–Crippen LogP) is 18.8. The van der Waals surface area contributed by atoms with Crippen molar-refractivity contribution >= 4 is 5.91 Å². The molecule has 0 aliphatic rings. The Morgan fingerprint density at radius 2 is 0.600 bits per heavy atom. The van der Waals surface area contributed by atoms with Crippen LogP contribution >= 0.6 is 0 Å². The van der Waals surface area contributed by atoms with E-state index in [9.17, 15) is 25.2 Å². The normalized spacial score (nSPS) is 13.9. The minimum atomic E-state index is -1.29. The Kier molecular flexibility index (Phi) is 57.2. The summed E-state index contributed by atoms with van der Waals surface area (Å²) in [6, 6.07) is -1.01. The van der Waals surface area contributed by atoms with Gasteiger partial charge in [0.05, 0.1) is 18.8 Å². The first-order valence-electron chi connectivity index (χ1n) is 31.4. The number of rotatable bonds is 58. The van der Waals surface area contributed by atoms with Crippen molar-refractivity contribution in [3.05, 3.63) is 36.5 Å². The summed E-state index contributed by atoms with van der Waals surface area (Å²) < 4.78 is 0. The minimum Gasteiger partial charge on any atom is -0.394 e. The lowest BCUT2D eigenvalue weighted by Crippen LogP contribution is -2.53. The quantitative estimate of drug-likeness (QED) is 0.0308. The fraction of sp³-hybridized carbons (Fsp3) is 0.891. The lowest BCUT2D eigenvalue weighted by atomic mass is 10.00. The summed E-state index contributed by atoms with van der Waals surface area (Å²) >= 11 is 0. The summed E-state index contributed by atoms with van der Waals surface area (Å²) in [6.07, 6.45) is 73.8. The van der Waals surface area contributed by atoms with E-state index in [0.29, 0.717) is 19.3 Å². The molecule has 0 heterocycles. The molecular formula is C64H123NO5. The van der Waals surface area contributed by atoms with Crippen molar-refractivity contribution in [1.29, 1.82) is 0 Å². The van der Waals surface area contributed by atoms with Gasteiger partial charge >= 0.3 is 0 Å². The van der Waals surface area contributed by atoms with Crippen LogP contribution in [0.3, 0.4) is 0 Å². The van der Waals surface area contributed by atoms with Crippen molar-refractivity contribution < 1.29 is 25.2 Å². The number of allylic oxidation sites excluding steroid dienone is 6. The molecule has 0 aliphatic carbocycles. The Labute approximate surface area is 437 Å². The summed E-state index contributed by atoms with van der Waals surface area (Å²) in [7, 11) is 0. The van der Waals surface area contributed by atoms with Crippen LogP contribution < -0.4 is 5.32 Å². The fourth-order valence-corrected chi connectivity index (χ4v) is 9.89. The van der Waals surface area contributed by atoms with Crippen LogP contribution in [0, 0.1) is 0 Å². The standard InChI is InChI=1S/C64H123NO5/c1-3-5-7-9-11-13-15-17-19-21-23-25-27-29-31-32-34-35-37-39-41-43-45-47-49-51-53-55-57-61(67)63(69)60(59-66)65-64(70)62(68)58-56-54-52-50-48-46-44-42-40-38-36-33-30-28-26-24-22-20-18-16-14-12-10-8-6-4-2/h30,33,41,43,49,51,60-63,66-69H,3-29,31-32,34-40,42,44-48,50,52-59H2,1-2H3,(H,65,70)/b33-30-,43-41+,51-49+. The zero-order chi connectivity index (χ0) is 50.9. The van der Waals surface area contributed by atoms with E-state index in [4.69, 9.17) is 0 Å². The Hall–Kier alpha value is -1.47. The van der Waals surface area contributed by atoms with Crippen LogP contribution in [-0.2, 0) is 4.79 Å². The van der Waals surface area contributed by atoms with Crippen molar-refractivity contribution in [3.8, 4) is 0 Å². The molecule has 4 unspecified atom stereocenters. The lowest BCUT2D eigenvalue weighted by Gasteiger charge is -2.27. The fourth-order valence-electron chi connectivity index (χ4n) is 9.89. The molecule has 0 rings (SSSR count). The number of aliphatic hydroxyl groups excluding tert-OH is 4. The van der Waals surface area contributed by atoms with Gasteiger partial charge in [0.25, 0.3) is 0 Å². The van der Waals surface area contributed by atoms with Gasteiger partial charge in [-0.1, -0.05) is 294 Å².